The van der Waals surface area contributed by atoms with E-state index in [1.165, 1.54) is 0 Å². The lowest BCUT2D eigenvalue weighted by Gasteiger charge is -2.06. The number of aliphatic carboxylic acids is 1. The zero-order valence-electron chi connectivity index (χ0n) is 8.47. The van der Waals surface area contributed by atoms with E-state index in [1.807, 2.05) is 0 Å². The molecule has 5 nitrogen and oxygen atoms in total. The van der Waals surface area contributed by atoms with Gasteiger partial charge in [0.05, 0.1) is 12.1 Å². The summed E-state index contributed by atoms with van der Waals surface area (Å²) >= 11 is 0. The highest BCUT2D eigenvalue weighted by atomic mass is 16.4. The molecule has 1 rings (SSSR count). The van der Waals surface area contributed by atoms with Crippen molar-refractivity contribution in [3.05, 3.63) is 11.9 Å². The van der Waals surface area contributed by atoms with E-state index in [2.05, 4.69) is 24.2 Å². The zero-order valence-corrected chi connectivity index (χ0v) is 8.47. The summed E-state index contributed by atoms with van der Waals surface area (Å²) in [7, 11) is 0. The predicted octanol–water partition coefficient (Wildman–Crippen LogP) is 0.951. The van der Waals surface area contributed by atoms with Crippen LogP contribution in [0.3, 0.4) is 0 Å². The van der Waals surface area contributed by atoms with Gasteiger partial charge in [-0.05, 0) is 5.92 Å². The van der Waals surface area contributed by atoms with Crippen LogP contribution in [-0.2, 0) is 17.8 Å². The maximum Gasteiger partial charge on any atom is 0.309 e. The smallest absolute Gasteiger partial charge is 0.309 e. The Hall–Kier alpha value is -1.39. The largest absolute Gasteiger partial charge is 0.481 e. The van der Waals surface area contributed by atoms with Crippen LogP contribution in [0.15, 0.2) is 6.20 Å². The summed E-state index contributed by atoms with van der Waals surface area (Å²) in [5.41, 5.74) is 0.515. The molecule has 0 spiro atoms. The van der Waals surface area contributed by atoms with Crippen molar-refractivity contribution in [3.63, 3.8) is 0 Å². The van der Waals surface area contributed by atoms with Gasteiger partial charge >= 0.3 is 5.97 Å². The summed E-state index contributed by atoms with van der Waals surface area (Å²) in [5, 5.41) is 16.2. The van der Waals surface area contributed by atoms with Crippen LogP contribution in [0.1, 0.15) is 26.0 Å². The average Bonchev–Trinajstić information content (AvgIpc) is 2.51. The summed E-state index contributed by atoms with van der Waals surface area (Å²) < 4.78 is 1.70. The molecule has 1 unspecified atom stereocenters. The lowest BCUT2D eigenvalue weighted by molar-refractivity contribution is -0.136. The molecule has 0 aromatic carbocycles. The van der Waals surface area contributed by atoms with Crippen LogP contribution >= 0.6 is 0 Å². The fourth-order valence-corrected chi connectivity index (χ4v) is 1.11. The molecular formula is C9H15N3O2. The molecule has 1 N–H and O–H groups in total. The molecule has 14 heavy (non-hydrogen) atoms. The minimum atomic E-state index is -0.874. The predicted molar refractivity (Wildman–Crippen MR) is 50.8 cm³/mol. The molecule has 0 saturated heterocycles. The fraction of sp³-hybridized carbons (Fsp3) is 0.667. The van der Waals surface area contributed by atoms with Gasteiger partial charge in [0.2, 0.25) is 0 Å². The highest BCUT2D eigenvalue weighted by Gasteiger charge is 2.07. The Bertz CT molecular complexity index is 309. The topological polar surface area (TPSA) is 68.0 Å². The van der Waals surface area contributed by atoms with E-state index >= 15 is 0 Å². The molecular weight excluding hydrogens is 182 g/mol. The first-order chi connectivity index (χ1) is 6.61. The monoisotopic (exact) mass is 197 g/mol. The lowest BCUT2D eigenvalue weighted by atomic mass is 10.1. The van der Waals surface area contributed by atoms with E-state index in [9.17, 15) is 4.79 Å². The molecule has 1 aromatic heterocycles. The Labute approximate surface area is 82.7 Å². The van der Waals surface area contributed by atoms with Crippen molar-refractivity contribution in [1.29, 1.82) is 0 Å². The van der Waals surface area contributed by atoms with Crippen LogP contribution < -0.4 is 0 Å². The van der Waals surface area contributed by atoms with Crippen LogP contribution in [0, 0.1) is 5.92 Å². The highest BCUT2D eigenvalue weighted by molar-refractivity contribution is 5.69. The first kappa shape index (κ1) is 10.7. The molecule has 0 aliphatic rings. The second-order valence-electron chi connectivity index (χ2n) is 3.52. The summed E-state index contributed by atoms with van der Waals surface area (Å²) in [5.74, 6) is -0.338. The van der Waals surface area contributed by atoms with Gasteiger partial charge in [-0.2, -0.15) is 0 Å². The third kappa shape index (κ3) is 3.16. The SMILES string of the molecule is CCC(C)Cn1cc(CC(=O)O)nn1. The molecule has 78 valence electrons. The number of hydrogen-bond acceptors (Lipinski definition) is 3. The van der Waals surface area contributed by atoms with Crippen LogP contribution in [0.4, 0.5) is 0 Å². The second-order valence-corrected chi connectivity index (χ2v) is 3.52. The Kier molecular flexibility index (Phi) is 3.62. The van der Waals surface area contributed by atoms with E-state index in [1.54, 1.807) is 10.9 Å². The average molecular weight is 197 g/mol. The van der Waals surface area contributed by atoms with Crippen molar-refractivity contribution in [1.82, 2.24) is 15.0 Å². The number of nitrogens with zero attached hydrogens (tertiary/aromatic N) is 3. The van der Waals surface area contributed by atoms with Gasteiger partial charge in [-0.1, -0.05) is 25.5 Å². The molecule has 0 aliphatic heterocycles. The maximum absolute atomic E-state index is 10.4. The number of carbonyl (C=O) groups is 1. The van der Waals surface area contributed by atoms with Gasteiger partial charge in [-0.3, -0.25) is 9.48 Å². The molecule has 1 atom stereocenters. The van der Waals surface area contributed by atoms with Crippen LogP contribution in [0.2, 0.25) is 0 Å². The maximum atomic E-state index is 10.4. The Morgan fingerprint density at radius 2 is 2.43 bits per heavy atom. The van der Waals surface area contributed by atoms with E-state index in [-0.39, 0.29) is 6.42 Å². The van der Waals surface area contributed by atoms with Crippen molar-refractivity contribution in [2.24, 2.45) is 5.92 Å². The number of hydrogen-bond donors (Lipinski definition) is 1. The second kappa shape index (κ2) is 4.74. The minimum Gasteiger partial charge on any atom is -0.481 e. The fourth-order valence-electron chi connectivity index (χ4n) is 1.11. The first-order valence-electron chi connectivity index (χ1n) is 4.72. The molecule has 0 radical (unpaired) electrons. The van der Waals surface area contributed by atoms with E-state index in [4.69, 9.17) is 5.11 Å². The van der Waals surface area contributed by atoms with Crippen LogP contribution in [-0.4, -0.2) is 26.1 Å². The van der Waals surface area contributed by atoms with Gasteiger partial charge in [0, 0.05) is 12.7 Å². The Morgan fingerprint density at radius 3 is 3.00 bits per heavy atom. The van der Waals surface area contributed by atoms with Crippen molar-refractivity contribution in [3.8, 4) is 0 Å². The summed E-state index contributed by atoms with van der Waals surface area (Å²) in [4.78, 5) is 10.4. The number of rotatable bonds is 5. The molecule has 5 heteroatoms. The van der Waals surface area contributed by atoms with Gasteiger partial charge in [0.1, 0.15) is 0 Å². The number of carboxylic acids is 1. The summed E-state index contributed by atoms with van der Waals surface area (Å²) in [6, 6.07) is 0. The normalized spacial score (nSPS) is 12.7. The minimum absolute atomic E-state index is 0.0551. The standard InChI is InChI=1S/C9H15N3O2/c1-3-7(2)5-12-6-8(10-11-12)4-9(13)14/h6-7H,3-5H2,1-2H3,(H,13,14). The third-order valence-electron chi connectivity index (χ3n) is 2.11. The molecule has 1 aromatic rings. The first-order valence-corrected chi connectivity index (χ1v) is 4.72. The molecule has 1 heterocycles. The summed E-state index contributed by atoms with van der Waals surface area (Å²) in [6.07, 6.45) is 2.72. The summed E-state index contributed by atoms with van der Waals surface area (Å²) in [6.45, 7) is 5.03. The quantitative estimate of drug-likeness (QED) is 0.763. The van der Waals surface area contributed by atoms with Gasteiger partial charge in [-0.25, -0.2) is 0 Å². The van der Waals surface area contributed by atoms with Crippen molar-refractivity contribution in [2.45, 2.75) is 33.2 Å². The van der Waals surface area contributed by atoms with Crippen molar-refractivity contribution >= 4 is 5.97 Å². The van der Waals surface area contributed by atoms with Gasteiger partial charge in [0.25, 0.3) is 0 Å². The molecule has 0 fully saturated rings. The molecule has 0 aliphatic carbocycles. The van der Waals surface area contributed by atoms with Crippen molar-refractivity contribution < 1.29 is 9.90 Å². The third-order valence-corrected chi connectivity index (χ3v) is 2.11. The van der Waals surface area contributed by atoms with Crippen LogP contribution in [0.25, 0.3) is 0 Å². The lowest BCUT2D eigenvalue weighted by Crippen LogP contribution is -2.07. The van der Waals surface area contributed by atoms with E-state index < -0.39 is 5.97 Å². The molecule has 0 amide bonds. The Balaban J connectivity index is 2.54. The Morgan fingerprint density at radius 1 is 1.71 bits per heavy atom. The van der Waals surface area contributed by atoms with Gasteiger partial charge < -0.3 is 5.11 Å². The molecule has 0 saturated carbocycles. The number of carboxylic acid groups (broad SMARTS) is 1. The van der Waals surface area contributed by atoms with Crippen molar-refractivity contribution in [2.75, 3.05) is 0 Å². The number of aromatic nitrogens is 3. The van der Waals surface area contributed by atoms with E-state index in [0.717, 1.165) is 13.0 Å². The van der Waals surface area contributed by atoms with Crippen LogP contribution in [0.5, 0.6) is 0 Å². The van der Waals surface area contributed by atoms with Gasteiger partial charge in [-0.15, -0.1) is 5.10 Å². The highest BCUT2D eigenvalue weighted by Crippen LogP contribution is 2.04. The zero-order chi connectivity index (χ0) is 10.6. The van der Waals surface area contributed by atoms with Gasteiger partial charge in [0.15, 0.2) is 0 Å². The molecule has 0 bridgehead atoms. The van der Waals surface area contributed by atoms with E-state index in [0.29, 0.717) is 11.6 Å².